The minimum Gasteiger partial charge on any atom is -0.461 e. The summed E-state index contributed by atoms with van der Waals surface area (Å²) in [5.41, 5.74) is 6.96. The van der Waals surface area contributed by atoms with Crippen molar-refractivity contribution >= 4 is 5.97 Å². The first-order valence-corrected chi connectivity index (χ1v) is 7.34. The van der Waals surface area contributed by atoms with Crippen molar-refractivity contribution in [3.05, 3.63) is 35.9 Å². The summed E-state index contributed by atoms with van der Waals surface area (Å²) in [5.74, 6) is -0.303. The molecule has 0 aromatic heterocycles. The van der Waals surface area contributed by atoms with E-state index in [-0.39, 0.29) is 17.5 Å². The zero-order valence-electron chi connectivity index (χ0n) is 13.1. The SMILES string of the molecule is CCCC(OC(=O)C(N)Cc1ccccc1)C(C)(C)C. The van der Waals surface area contributed by atoms with Crippen molar-refractivity contribution in [2.45, 2.75) is 59.1 Å². The molecule has 0 aliphatic carbocycles. The number of rotatable bonds is 6. The van der Waals surface area contributed by atoms with E-state index in [0.29, 0.717) is 6.42 Å². The van der Waals surface area contributed by atoms with E-state index in [1.54, 1.807) is 0 Å². The standard InChI is InChI=1S/C17H27NO2/c1-5-9-15(17(2,3)4)20-16(19)14(18)12-13-10-7-6-8-11-13/h6-8,10-11,14-15H,5,9,12,18H2,1-4H3. The van der Waals surface area contributed by atoms with E-state index in [1.165, 1.54) is 0 Å². The molecule has 0 aliphatic rings. The number of carbonyl (C=O) groups is 1. The van der Waals surface area contributed by atoms with Crippen LogP contribution in [0.1, 0.15) is 46.1 Å². The van der Waals surface area contributed by atoms with Crippen molar-refractivity contribution in [3.8, 4) is 0 Å². The Bertz CT molecular complexity index is 409. The molecule has 0 heterocycles. The highest BCUT2D eigenvalue weighted by atomic mass is 16.5. The minimum absolute atomic E-state index is 0.0574. The van der Waals surface area contributed by atoms with E-state index < -0.39 is 6.04 Å². The summed E-state index contributed by atoms with van der Waals surface area (Å²) in [5, 5.41) is 0. The summed E-state index contributed by atoms with van der Waals surface area (Å²) in [4.78, 5) is 12.1. The number of ether oxygens (including phenoxy) is 1. The summed E-state index contributed by atoms with van der Waals surface area (Å²) in [7, 11) is 0. The molecule has 3 nitrogen and oxygen atoms in total. The maximum atomic E-state index is 12.1. The maximum Gasteiger partial charge on any atom is 0.323 e. The third-order valence-corrected chi connectivity index (χ3v) is 3.38. The first kappa shape index (κ1) is 16.7. The van der Waals surface area contributed by atoms with E-state index in [1.807, 2.05) is 30.3 Å². The number of carbonyl (C=O) groups excluding carboxylic acids is 1. The molecule has 2 N–H and O–H groups in total. The summed E-state index contributed by atoms with van der Waals surface area (Å²) in [6.07, 6.45) is 2.29. The van der Waals surface area contributed by atoms with Gasteiger partial charge in [0.15, 0.2) is 0 Å². The Morgan fingerprint density at radius 3 is 2.35 bits per heavy atom. The van der Waals surface area contributed by atoms with Crippen molar-refractivity contribution in [3.63, 3.8) is 0 Å². The van der Waals surface area contributed by atoms with Crippen LogP contribution in [0, 0.1) is 5.41 Å². The van der Waals surface area contributed by atoms with Crippen LogP contribution in [0.2, 0.25) is 0 Å². The summed E-state index contributed by atoms with van der Waals surface area (Å²) in [6.45, 7) is 8.35. The van der Waals surface area contributed by atoms with Gasteiger partial charge in [-0.3, -0.25) is 4.79 Å². The van der Waals surface area contributed by atoms with E-state index in [4.69, 9.17) is 10.5 Å². The molecule has 0 spiro atoms. The van der Waals surface area contributed by atoms with Gasteiger partial charge in [-0.2, -0.15) is 0 Å². The van der Waals surface area contributed by atoms with E-state index in [9.17, 15) is 4.79 Å². The average Bonchev–Trinajstić information content (AvgIpc) is 2.38. The van der Waals surface area contributed by atoms with Gasteiger partial charge in [-0.1, -0.05) is 64.4 Å². The van der Waals surface area contributed by atoms with Gasteiger partial charge in [0.25, 0.3) is 0 Å². The van der Waals surface area contributed by atoms with Crippen molar-refractivity contribution < 1.29 is 9.53 Å². The minimum atomic E-state index is -0.598. The van der Waals surface area contributed by atoms with Gasteiger partial charge in [0.2, 0.25) is 0 Å². The smallest absolute Gasteiger partial charge is 0.323 e. The van der Waals surface area contributed by atoms with Crippen molar-refractivity contribution in [1.82, 2.24) is 0 Å². The highest BCUT2D eigenvalue weighted by Crippen LogP contribution is 2.26. The van der Waals surface area contributed by atoms with Crippen LogP contribution in [0.4, 0.5) is 0 Å². The molecule has 0 fully saturated rings. The molecule has 0 saturated heterocycles. The fraction of sp³-hybridized carbons (Fsp3) is 0.588. The fourth-order valence-corrected chi connectivity index (χ4v) is 2.11. The van der Waals surface area contributed by atoms with Crippen LogP contribution in [-0.4, -0.2) is 18.1 Å². The van der Waals surface area contributed by atoms with Crippen LogP contribution in [0.15, 0.2) is 30.3 Å². The second-order valence-corrected chi connectivity index (χ2v) is 6.38. The number of benzene rings is 1. The van der Waals surface area contributed by atoms with Crippen molar-refractivity contribution in [2.75, 3.05) is 0 Å². The Labute approximate surface area is 122 Å². The molecule has 20 heavy (non-hydrogen) atoms. The number of esters is 1. The zero-order valence-corrected chi connectivity index (χ0v) is 13.1. The number of hydrogen-bond donors (Lipinski definition) is 1. The molecule has 0 amide bonds. The van der Waals surface area contributed by atoms with E-state index >= 15 is 0 Å². The molecule has 0 saturated carbocycles. The predicted octanol–water partition coefficient (Wildman–Crippen LogP) is 3.31. The van der Waals surface area contributed by atoms with Crippen LogP contribution in [-0.2, 0) is 16.0 Å². The molecule has 1 rings (SSSR count). The summed E-state index contributed by atoms with van der Waals surface area (Å²) in [6, 6.07) is 9.19. The van der Waals surface area contributed by atoms with Gasteiger partial charge in [-0.15, -0.1) is 0 Å². The molecule has 112 valence electrons. The largest absolute Gasteiger partial charge is 0.461 e. The molecule has 0 radical (unpaired) electrons. The molecule has 0 aliphatic heterocycles. The van der Waals surface area contributed by atoms with Crippen LogP contribution >= 0.6 is 0 Å². The van der Waals surface area contributed by atoms with Gasteiger partial charge in [-0.05, 0) is 23.8 Å². The maximum absolute atomic E-state index is 12.1. The average molecular weight is 277 g/mol. The summed E-state index contributed by atoms with van der Waals surface area (Å²) < 4.78 is 5.63. The van der Waals surface area contributed by atoms with Crippen LogP contribution < -0.4 is 5.73 Å². The Morgan fingerprint density at radius 2 is 1.85 bits per heavy atom. The second-order valence-electron chi connectivity index (χ2n) is 6.38. The Kier molecular flexibility index (Phi) is 6.21. The van der Waals surface area contributed by atoms with E-state index in [0.717, 1.165) is 18.4 Å². The molecule has 1 aromatic carbocycles. The third kappa shape index (κ3) is 5.33. The first-order valence-electron chi connectivity index (χ1n) is 7.34. The van der Waals surface area contributed by atoms with Gasteiger partial charge < -0.3 is 10.5 Å². The van der Waals surface area contributed by atoms with Crippen molar-refractivity contribution in [1.29, 1.82) is 0 Å². The fourth-order valence-electron chi connectivity index (χ4n) is 2.11. The molecule has 0 bridgehead atoms. The van der Waals surface area contributed by atoms with Gasteiger partial charge in [-0.25, -0.2) is 0 Å². The van der Waals surface area contributed by atoms with Crippen LogP contribution in [0.5, 0.6) is 0 Å². The lowest BCUT2D eigenvalue weighted by molar-refractivity contribution is -0.156. The molecule has 2 unspecified atom stereocenters. The molecule has 1 aromatic rings. The van der Waals surface area contributed by atoms with Crippen molar-refractivity contribution in [2.24, 2.45) is 11.1 Å². The summed E-state index contributed by atoms with van der Waals surface area (Å²) >= 11 is 0. The first-order chi connectivity index (χ1) is 9.34. The van der Waals surface area contributed by atoms with Gasteiger partial charge >= 0.3 is 5.97 Å². The van der Waals surface area contributed by atoms with Gasteiger partial charge in [0.1, 0.15) is 12.1 Å². The lowest BCUT2D eigenvalue weighted by Gasteiger charge is -2.31. The molecular formula is C17H27NO2. The highest BCUT2D eigenvalue weighted by molar-refractivity contribution is 5.76. The zero-order chi connectivity index (χ0) is 15.2. The van der Waals surface area contributed by atoms with Gasteiger partial charge in [0.05, 0.1) is 0 Å². The molecule has 2 atom stereocenters. The normalized spacial score (nSPS) is 14.7. The van der Waals surface area contributed by atoms with Gasteiger partial charge in [0, 0.05) is 0 Å². The lowest BCUT2D eigenvalue weighted by atomic mass is 9.86. The molecular weight excluding hydrogens is 250 g/mol. The molecule has 3 heteroatoms. The lowest BCUT2D eigenvalue weighted by Crippen LogP contribution is -2.40. The Balaban J connectivity index is 2.60. The predicted molar refractivity (Wildman–Crippen MR) is 82.4 cm³/mol. The quantitative estimate of drug-likeness (QED) is 0.812. The monoisotopic (exact) mass is 277 g/mol. The Hall–Kier alpha value is -1.35. The second kappa shape index (κ2) is 7.44. The third-order valence-electron chi connectivity index (χ3n) is 3.38. The highest BCUT2D eigenvalue weighted by Gasteiger charge is 2.29. The van der Waals surface area contributed by atoms with E-state index in [2.05, 4.69) is 27.7 Å². The number of nitrogens with two attached hydrogens (primary N) is 1. The number of hydrogen-bond acceptors (Lipinski definition) is 3. The Morgan fingerprint density at radius 1 is 1.25 bits per heavy atom. The topological polar surface area (TPSA) is 52.3 Å². The van der Waals surface area contributed by atoms with Crippen LogP contribution in [0.25, 0.3) is 0 Å². The van der Waals surface area contributed by atoms with Crippen LogP contribution in [0.3, 0.4) is 0 Å².